The summed E-state index contributed by atoms with van der Waals surface area (Å²) in [6.07, 6.45) is 2.55. The minimum atomic E-state index is -0.0445. The Labute approximate surface area is 198 Å². The van der Waals surface area contributed by atoms with Crippen LogP contribution < -0.4 is 24.4 Å². The van der Waals surface area contributed by atoms with Gasteiger partial charge in [-0.3, -0.25) is 4.79 Å². The summed E-state index contributed by atoms with van der Waals surface area (Å²) < 4.78 is 17.5. The van der Waals surface area contributed by atoms with Crippen molar-refractivity contribution in [3.8, 4) is 17.2 Å². The summed E-state index contributed by atoms with van der Waals surface area (Å²) in [6.45, 7) is 4.79. The Morgan fingerprint density at radius 1 is 1.18 bits per heavy atom. The van der Waals surface area contributed by atoms with Crippen LogP contribution in [-0.2, 0) is 11.2 Å². The number of hydrogen-bond acceptors (Lipinski definition) is 7. The molecule has 2 aromatic carbocycles. The summed E-state index contributed by atoms with van der Waals surface area (Å²) >= 11 is 1.66. The first-order valence-corrected chi connectivity index (χ1v) is 12.2. The zero-order valence-electron chi connectivity index (χ0n) is 19.4. The van der Waals surface area contributed by atoms with Crippen LogP contribution in [0.25, 0.3) is 10.2 Å². The van der Waals surface area contributed by atoms with Crippen molar-refractivity contribution in [3.63, 3.8) is 0 Å². The van der Waals surface area contributed by atoms with Gasteiger partial charge in [-0.15, -0.1) is 0 Å². The number of nitrogens with zero attached hydrogens (tertiary/aromatic N) is 2. The van der Waals surface area contributed by atoms with Crippen LogP contribution in [0.2, 0.25) is 0 Å². The number of carbonyl (C=O) groups is 1. The molecule has 2 heterocycles. The van der Waals surface area contributed by atoms with Gasteiger partial charge in [-0.25, -0.2) is 4.98 Å². The normalized spacial score (nSPS) is 16.0. The van der Waals surface area contributed by atoms with E-state index < -0.39 is 0 Å². The Hall–Kier alpha value is -3.00. The molecule has 1 aliphatic rings. The van der Waals surface area contributed by atoms with Gasteiger partial charge in [0.2, 0.25) is 5.91 Å². The lowest BCUT2D eigenvalue weighted by Gasteiger charge is -2.31. The largest absolute Gasteiger partial charge is 0.497 e. The van der Waals surface area contributed by atoms with E-state index in [1.807, 2.05) is 43.3 Å². The molecule has 8 heteroatoms. The molecule has 0 unspecified atom stereocenters. The van der Waals surface area contributed by atoms with Crippen molar-refractivity contribution in [2.45, 2.75) is 26.2 Å². The van der Waals surface area contributed by atoms with Crippen LogP contribution in [0, 0.1) is 5.92 Å². The van der Waals surface area contributed by atoms with Crippen LogP contribution in [-0.4, -0.2) is 51.4 Å². The number of rotatable bonds is 9. The monoisotopic (exact) mass is 469 g/mol. The second kappa shape index (κ2) is 10.7. The molecule has 4 rings (SSSR count). The molecule has 1 N–H and O–H groups in total. The van der Waals surface area contributed by atoms with Crippen molar-refractivity contribution in [1.82, 2.24) is 10.3 Å². The molecule has 1 fully saturated rings. The van der Waals surface area contributed by atoms with Crippen molar-refractivity contribution in [3.05, 3.63) is 42.0 Å². The van der Waals surface area contributed by atoms with Crippen molar-refractivity contribution in [1.29, 1.82) is 0 Å². The fraction of sp³-hybridized carbons (Fsp3) is 0.440. The molecular weight excluding hydrogens is 438 g/mol. The second-order valence-corrected chi connectivity index (χ2v) is 9.07. The zero-order valence-corrected chi connectivity index (χ0v) is 20.2. The van der Waals surface area contributed by atoms with Gasteiger partial charge in [0.25, 0.3) is 0 Å². The van der Waals surface area contributed by atoms with E-state index in [1.165, 1.54) is 0 Å². The van der Waals surface area contributed by atoms with Crippen LogP contribution in [0.1, 0.15) is 25.3 Å². The van der Waals surface area contributed by atoms with E-state index in [4.69, 9.17) is 19.2 Å². The third-order valence-electron chi connectivity index (χ3n) is 5.90. The van der Waals surface area contributed by atoms with Gasteiger partial charge in [-0.1, -0.05) is 11.3 Å². The minimum Gasteiger partial charge on any atom is -0.497 e. The van der Waals surface area contributed by atoms with E-state index in [2.05, 4.69) is 10.2 Å². The maximum Gasteiger partial charge on any atom is 0.224 e. The van der Waals surface area contributed by atoms with Gasteiger partial charge >= 0.3 is 0 Å². The van der Waals surface area contributed by atoms with E-state index >= 15 is 0 Å². The first kappa shape index (κ1) is 23.2. The van der Waals surface area contributed by atoms with Crippen molar-refractivity contribution in [2.24, 2.45) is 5.92 Å². The predicted molar refractivity (Wildman–Crippen MR) is 132 cm³/mol. The number of methoxy groups -OCH3 is 2. The van der Waals surface area contributed by atoms with Gasteiger partial charge in [-0.05, 0) is 68.1 Å². The molecule has 1 aliphatic heterocycles. The molecule has 1 atom stereocenters. The number of thiazole rings is 1. The molecule has 3 aromatic rings. The van der Waals surface area contributed by atoms with Gasteiger partial charge < -0.3 is 24.4 Å². The number of ether oxygens (including phenoxy) is 3. The van der Waals surface area contributed by atoms with E-state index in [-0.39, 0.29) is 11.8 Å². The molecule has 0 spiro atoms. The second-order valence-electron chi connectivity index (χ2n) is 8.06. The number of benzene rings is 2. The lowest BCUT2D eigenvalue weighted by atomic mass is 9.97. The number of carbonyl (C=O) groups excluding carboxylic acids is 1. The van der Waals surface area contributed by atoms with Crippen LogP contribution in [0.15, 0.2) is 36.4 Å². The number of aromatic nitrogens is 1. The van der Waals surface area contributed by atoms with Crippen LogP contribution in [0.4, 0.5) is 5.13 Å². The Bertz CT molecular complexity index is 1100. The zero-order chi connectivity index (χ0) is 23.2. The predicted octanol–water partition coefficient (Wildman–Crippen LogP) is 4.29. The average Bonchev–Trinajstić information content (AvgIpc) is 3.28. The summed E-state index contributed by atoms with van der Waals surface area (Å²) in [5.74, 6) is 2.50. The summed E-state index contributed by atoms with van der Waals surface area (Å²) in [5, 5.41) is 4.08. The van der Waals surface area contributed by atoms with Crippen molar-refractivity contribution >= 4 is 32.6 Å². The molecule has 1 saturated heterocycles. The Balaban J connectivity index is 1.35. The highest BCUT2D eigenvalue weighted by Gasteiger charge is 2.27. The lowest BCUT2D eigenvalue weighted by Crippen LogP contribution is -2.43. The standard InChI is InChI=1S/C25H31N3O4S/c1-4-32-20-7-9-21-23(15-20)33-25(27-21)28-13-5-6-18(16-28)24(29)26-12-11-17-14-19(30-2)8-10-22(17)31-3/h7-10,14-15,18H,4-6,11-13,16H2,1-3H3,(H,26,29)/t18-/m0/s1. The molecule has 0 saturated carbocycles. The smallest absolute Gasteiger partial charge is 0.224 e. The quantitative estimate of drug-likeness (QED) is 0.504. The first-order chi connectivity index (χ1) is 16.1. The summed E-state index contributed by atoms with van der Waals surface area (Å²) in [6, 6.07) is 11.7. The fourth-order valence-electron chi connectivity index (χ4n) is 4.19. The maximum absolute atomic E-state index is 12.9. The molecule has 1 amide bonds. The van der Waals surface area contributed by atoms with E-state index in [1.54, 1.807) is 25.6 Å². The molecule has 1 aromatic heterocycles. The molecule has 0 bridgehead atoms. The third-order valence-corrected chi connectivity index (χ3v) is 6.98. The van der Waals surface area contributed by atoms with Crippen molar-refractivity contribution in [2.75, 3.05) is 45.4 Å². The van der Waals surface area contributed by atoms with Gasteiger partial charge in [0.1, 0.15) is 17.2 Å². The molecule has 176 valence electrons. The topological polar surface area (TPSA) is 72.9 Å². The Morgan fingerprint density at radius 2 is 2.03 bits per heavy atom. The highest BCUT2D eigenvalue weighted by Crippen LogP contribution is 2.33. The highest BCUT2D eigenvalue weighted by atomic mass is 32.1. The highest BCUT2D eigenvalue weighted by molar-refractivity contribution is 7.22. The summed E-state index contributed by atoms with van der Waals surface area (Å²) in [5.41, 5.74) is 1.99. The Kier molecular flexibility index (Phi) is 7.54. The molecular formula is C25H31N3O4S. The van der Waals surface area contributed by atoms with Crippen LogP contribution in [0.3, 0.4) is 0 Å². The number of anilines is 1. The SMILES string of the molecule is CCOc1ccc2nc(N3CCC[C@H](C(=O)NCCc4cc(OC)ccc4OC)C3)sc2c1. The van der Waals surface area contributed by atoms with Gasteiger partial charge in [0.15, 0.2) is 5.13 Å². The molecule has 0 radical (unpaired) electrons. The molecule has 33 heavy (non-hydrogen) atoms. The number of piperidine rings is 1. The summed E-state index contributed by atoms with van der Waals surface area (Å²) in [7, 11) is 3.30. The Morgan fingerprint density at radius 3 is 2.82 bits per heavy atom. The summed E-state index contributed by atoms with van der Waals surface area (Å²) in [4.78, 5) is 19.9. The third kappa shape index (κ3) is 5.50. The number of fused-ring (bicyclic) bond motifs is 1. The average molecular weight is 470 g/mol. The van der Waals surface area contributed by atoms with E-state index in [0.717, 1.165) is 57.5 Å². The number of nitrogens with one attached hydrogen (secondary N) is 1. The lowest BCUT2D eigenvalue weighted by molar-refractivity contribution is -0.125. The molecule has 7 nitrogen and oxygen atoms in total. The minimum absolute atomic E-state index is 0.0445. The fourth-order valence-corrected chi connectivity index (χ4v) is 5.22. The molecule has 0 aliphatic carbocycles. The number of amides is 1. The van der Waals surface area contributed by atoms with Crippen LogP contribution >= 0.6 is 11.3 Å². The maximum atomic E-state index is 12.9. The first-order valence-electron chi connectivity index (χ1n) is 11.4. The van der Waals surface area contributed by atoms with E-state index in [9.17, 15) is 4.79 Å². The van der Waals surface area contributed by atoms with Crippen molar-refractivity contribution < 1.29 is 19.0 Å². The van der Waals surface area contributed by atoms with Gasteiger partial charge in [0, 0.05) is 19.6 Å². The van der Waals surface area contributed by atoms with Gasteiger partial charge in [-0.2, -0.15) is 0 Å². The number of hydrogen-bond donors (Lipinski definition) is 1. The van der Waals surface area contributed by atoms with E-state index in [0.29, 0.717) is 26.1 Å². The van der Waals surface area contributed by atoms with Crippen LogP contribution in [0.5, 0.6) is 17.2 Å². The van der Waals surface area contributed by atoms with Gasteiger partial charge in [0.05, 0.1) is 37.0 Å².